The highest BCUT2D eigenvalue weighted by Crippen LogP contribution is 2.33. The number of aryl methyl sites for hydroxylation is 1. The summed E-state index contributed by atoms with van der Waals surface area (Å²) in [5.74, 6) is -0.115. The minimum atomic E-state index is -1.71. The molecule has 0 aliphatic carbocycles. The van der Waals surface area contributed by atoms with Crippen LogP contribution in [0.2, 0.25) is 0 Å². The van der Waals surface area contributed by atoms with Gasteiger partial charge in [0.05, 0.1) is 23.8 Å². The molecular weight excluding hydrogens is 348 g/mol. The van der Waals surface area contributed by atoms with E-state index in [1.54, 1.807) is 30.5 Å². The first-order valence-electron chi connectivity index (χ1n) is 7.07. The number of hydrogen-bond donors (Lipinski definition) is 3. The number of amides is 2. The molecule has 0 unspecified atom stereocenters. The molecule has 1 aromatic heterocycles. The van der Waals surface area contributed by atoms with Gasteiger partial charge < -0.3 is 14.9 Å². The van der Waals surface area contributed by atoms with Gasteiger partial charge in [0.2, 0.25) is 0 Å². The summed E-state index contributed by atoms with van der Waals surface area (Å²) in [6.45, 7) is 1.79. The Kier molecular flexibility index (Phi) is 5.21. The maximum atomic E-state index is 11.3. The van der Waals surface area contributed by atoms with E-state index in [4.69, 9.17) is 9.84 Å². The number of nitrogens with zero attached hydrogens (tertiary/aromatic N) is 3. The van der Waals surface area contributed by atoms with Crippen LogP contribution < -0.4 is 15.2 Å². The highest BCUT2D eigenvalue weighted by atomic mass is 16.6. The van der Waals surface area contributed by atoms with Gasteiger partial charge in [-0.15, -0.1) is 0 Å². The van der Waals surface area contributed by atoms with Gasteiger partial charge in [0.1, 0.15) is 5.75 Å². The normalized spacial score (nSPS) is 10.1. The number of benzene rings is 1. The summed E-state index contributed by atoms with van der Waals surface area (Å²) in [4.78, 5) is 36.6. The molecule has 3 N–H and O–H groups in total. The van der Waals surface area contributed by atoms with Crippen LogP contribution in [0.3, 0.4) is 0 Å². The van der Waals surface area contributed by atoms with Crippen molar-refractivity contribution in [2.24, 2.45) is 0 Å². The highest BCUT2D eigenvalue weighted by Gasteiger charge is 2.23. The van der Waals surface area contributed by atoms with Gasteiger partial charge in [-0.05, 0) is 19.1 Å². The maximum Gasteiger partial charge on any atom is 0.432 e. The third kappa shape index (κ3) is 3.95. The zero-order valence-electron chi connectivity index (χ0n) is 13.7. The number of hydrogen-bond acceptors (Lipinski definition) is 6. The quantitative estimate of drug-likeness (QED) is 0.553. The van der Waals surface area contributed by atoms with Gasteiger partial charge in [0, 0.05) is 11.6 Å². The number of nitro groups is 1. The van der Waals surface area contributed by atoms with Crippen LogP contribution in [-0.4, -0.2) is 39.4 Å². The third-order valence-corrected chi connectivity index (χ3v) is 3.27. The molecule has 0 fully saturated rings. The van der Waals surface area contributed by atoms with Crippen molar-refractivity contribution >= 4 is 23.7 Å². The number of pyridine rings is 1. The molecule has 26 heavy (non-hydrogen) atoms. The van der Waals surface area contributed by atoms with Crippen LogP contribution in [0.25, 0.3) is 11.3 Å². The van der Waals surface area contributed by atoms with Crippen molar-refractivity contribution in [1.82, 2.24) is 10.4 Å². The number of aromatic nitrogens is 1. The maximum absolute atomic E-state index is 11.3. The molecule has 2 rings (SSSR count). The van der Waals surface area contributed by atoms with Gasteiger partial charge in [-0.1, -0.05) is 11.6 Å². The molecule has 2 amide bonds. The second-order valence-electron chi connectivity index (χ2n) is 5.06. The van der Waals surface area contributed by atoms with Gasteiger partial charge in [-0.25, -0.2) is 20.0 Å². The Morgan fingerprint density at radius 3 is 2.50 bits per heavy atom. The zero-order chi connectivity index (χ0) is 19.4. The Morgan fingerprint density at radius 2 is 1.96 bits per heavy atom. The number of rotatable bonds is 4. The Labute approximate surface area is 146 Å². The van der Waals surface area contributed by atoms with E-state index in [0.29, 0.717) is 11.3 Å². The molecule has 11 heteroatoms. The lowest BCUT2D eigenvalue weighted by Gasteiger charge is -2.18. The number of ether oxygens (including phenoxy) is 1. The highest BCUT2D eigenvalue weighted by molar-refractivity contribution is 5.88. The van der Waals surface area contributed by atoms with Crippen LogP contribution >= 0.6 is 0 Å². The van der Waals surface area contributed by atoms with Crippen LogP contribution in [0.1, 0.15) is 5.56 Å². The minimum absolute atomic E-state index is 0.0492. The van der Waals surface area contributed by atoms with E-state index in [1.807, 2.05) is 0 Å². The smallest absolute Gasteiger partial charge is 0.432 e. The van der Waals surface area contributed by atoms with Crippen molar-refractivity contribution in [3.8, 4) is 17.0 Å². The molecule has 0 atom stereocenters. The fraction of sp³-hybridized carbons (Fsp3) is 0.133. The SMILES string of the molecule is COc1ccc(C)cc1-c1cc([N+](=O)[O-])cc(N(NC(=O)O)C(=O)O)n1. The first-order valence-corrected chi connectivity index (χ1v) is 7.07. The van der Waals surface area contributed by atoms with Crippen molar-refractivity contribution in [3.05, 3.63) is 46.0 Å². The van der Waals surface area contributed by atoms with E-state index < -0.39 is 28.6 Å². The lowest BCUT2D eigenvalue weighted by Crippen LogP contribution is -2.45. The number of carbonyl (C=O) groups is 2. The summed E-state index contributed by atoms with van der Waals surface area (Å²) in [6.07, 6.45) is -3.38. The first kappa shape index (κ1) is 18.4. The number of anilines is 1. The molecule has 0 aliphatic heterocycles. The van der Waals surface area contributed by atoms with Crippen LogP contribution in [0.5, 0.6) is 5.75 Å². The lowest BCUT2D eigenvalue weighted by atomic mass is 10.1. The van der Waals surface area contributed by atoms with E-state index in [2.05, 4.69) is 4.98 Å². The Hall–Kier alpha value is -3.89. The van der Waals surface area contributed by atoms with Crippen LogP contribution in [-0.2, 0) is 0 Å². The van der Waals surface area contributed by atoms with Crippen molar-refractivity contribution in [2.75, 3.05) is 12.1 Å². The molecule has 1 aromatic carbocycles. The number of nitrogens with one attached hydrogen (secondary N) is 1. The molecule has 1 heterocycles. The monoisotopic (exact) mass is 362 g/mol. The number of methoxy groups -OCH3 is 1. The Morgan fingerprint density at radius 1 is 1.27 bits per heavy atom. The second kappa shape index (κ2) is 7.34. The van der Waals surface area contributed by atoms with E-state index in [1.165, 1.54) is 7.11 Å². The van der Waals surface area contributed by atoms with Crippen molar-refractivity contribution < 1.29 is 29.5 Å². The molecule has 0 radical (unpaired) electrons. The van der Waals surface area contributed by atoms with Gasteiger partial charge in [-0.2, -0.15) is 5.01 Å². The fourth-order valence-corrected chi connectivity index (χ4v) is 2.18. The van der Waals surface area contributed by atoms with Crippen LogP contribution in [0.15, 0.2) is 30.3 Å². The lowest BCUT2D eigenvalue weighted by molar-refractivity contribution is -0.384. The summed E-state index contributed by atoms with van der Waals surface area (Å²) in [5.41, 5.74) is 2.40. The molecular formula is C15H14N4O7. The molecule has 0 spiro atoms. The fourth-order valence-electron chi connectivity index (χ4n) is 2.18. The predicted molar refractivity (Wildman–Crippen MR) is 89.3 cm³/mol. The van der Waals surface area contributed by atoms with E-state index in [-0.39, 0.29) is 10.7 Å². The van der Waals surface area contributed by atoms with E-state index >= 15 is 0 Å². The molecule has 0 saturated heterocycles. The number of carboxylic acid groups (broad SMARTS) is 2. The van der Waals surface area contributed by atoms with Gasteiger partial charge >= 0.3 is 12.2 Å². The average molecular weight is 362 g/mol. The van der Waals surface area contributed by atoms with Crippen molar-refractivity contribution in [3.63, 3.8) is 0 Å². The molecule has 0 bridgehead atoms. The van der Waals surface area contributed by atoms with Crippen LogP contribution in [0, 0.1) is 17.0 Å². The largest absolute Gasteiger partial charge is 0.496 e. The summed E-state index contributed by atoms with van der Waals surface area (Å²) >= 11 is 0. The van der Waals surface area contributed by atoms with E-state index in [9.17, 15) is 24.8 Å². The molecule has 11 nitrogen and oxygen atoms in total. The van der Waals surface area contributed by atoms with Crippen molar-refractivity contribution in [2.45, 2.75) is 6.92 Å². The summed E-state index contributed by atoms with van der Waals surface area (Å²) in [5, 5.41) is 29.3. The number of hydrazine groups is 1. The zero-order valence-corrected chi connectivity index (χ0v) is 13.7. The molecule has 136 valence electrons. The molecule has 0 aliphatic rings. The van der Waals surface area contributed by atoms with Gasteiger partial charge in [-0.3, -0.25) is 10.1 Å². The molecule has 2 aromatic rings. The summed E-state index contributed by atoms with van der Waals surface area (Å²) in [7, 11) is 1.40. The van der Waals surface area contributed by atoms with Gasteiger partial charge in [0.15, 0.2) is 5.82 Å². The Bertz CT molecular complexity index is 884. The first-order chi connectivity index (χ1) is 12.2. The molecule has 0 saturated carbocycles. The topological polar surface area (TPSA) is 155 Å². The summed E-state index contributed by atoms with van der Waals surface area (Å²) < 4.78 is 5.22. The average Bonchev–Trinajstić information content (AvgIpc) is 2.58. The van der Waals surface area contributed by atoms with Crippen molar-refractivity contribution in [1.29, 1.82) is 0 Å². The van der Waals surface area contributed by atoms with Crippen LogP contribution in [0.4, 0.5) is 21.1 Å². The summed E-state index contributed by atoms with van der Waals surface area (Å²) in [6, 6.07) is 7.03. The predicted octanol–water partition coefficient (Wildman–Crippen LogP) is 2.64. The third-order valence-electron chi connectivity index (χ3n) is 3.27. The minimum Gasteiger partial charge on any atom is -0.496 e. The second-order valence-corrected chi connectivity index (χ2v) is 5.06. The Balaban J connectivity index is 2.70. The standard InChI is InChI=1S/C15H14N4O7/c1-8-3-4-12(26-2)10(5-8)11-6-9(19(24)25)7-13(16-11)18(15(22)23)17-14(20)21/h3-7,17H,1-2H3,(H,20,21)(H,22,23). The van der Waals surface area contributed by atoms with Gasteiger partial charge in [0.25, 0.3) is 5.69 Å². The van der Waals surface area contributed by atoms with E-state index in [0.717, 1.165) is 17.7 Å².